The Morgan fingerprint density at radius 3 is 2.48 bits per heavy atom. The van der Waals surface area contributed by atoms with Gasteiger partial charge in [0.2, 0.25) is 0 Å². The zero-order valence-corrected chi connectivity index (χ0v) is 13.1. The van der Waals surface area contributed by atoms with Gasteiger partial charge in [-0.2, -0.15) is 0 Å². The number of sulfonamides is 1. The second-order valence-corrected chi connectivity index (χ2v) is 8.15. The SMILES string of the molecule is CC1=C(C)CS(=O)N(S(=O)(=O)c2ccccc2[N+](=O)[O-])C1. The van der Waals surface area contributed by atoms with Crippen molar-refractivity contribution in [2.45, 2.75) is 18.7 Å². The van der Waals surface area contributed by atoms with Gasteiger partial charge in [-0.05, 0) is 19.9 Å². The van der Waals surface area contributed by atoms with E-state index in [1.165, 1.54) is 12.1 Å². The zero-order valence-electron chi connectivity index (χ0n) is 11.5. The molecule has 1 atom stereocenters. The molecule has 0 bridgehead atoms. The highest BCUT2D eigenvalue weighted by Crippen LogP contribution is 2.30. The third-order valence-electron chi connectivity index (χ3n) is 3.27. The average Bonchev–Trinajstić information content (AvgIpc) is 2.42. The maximum Gasteiger partial charge on any atom is 0.289 e. The van der Waals surface area contributed by atoms with Gasteiger partial charge < -0.3 is 0 Å². The van der Waals surface area contributed by atoms with E-state index in [1.807, 2.05) is 0 Å². The molecular formula is C12H14N2O5S2. The Bertz CT molecular complexity index is 755. The minimum absolute atomic E-state index is 0.0210. The van der Waals surface area contributed by atoms with Gasteiger partial charge in [0.15, 0.2) is 4.90 Å². The third-order valence-corrected chi connectivity index (χ3v) is 7.19. The van der Waals surface area contributed by atoms with Gasteiger partial charge in [-0.25, -0.2) is 12.6 Å². The van der Waals surface area contributed by atoms with Gasteiger partial charge in [0.05, 0.1) is 10.7 Å². The van der Waals surface area contributed by atoms with E-state index in [9.17, 15) is 22.7 Å². The molecule has 21 heavy (non-hydrogen) atoms. The van der Waals surface area contributed by atoms with Gasteiger partial charge >= 0.3 is 0 Å². The van der Waals surface area contributed by atoms with Gasteiger partial charge in [-0.15, -0.1) is 3.71 Å². The van der Waals surface area contributed by atoms with Crippen LogP contribution in [0.2, 0.25) is 0 Å². The molecule has 1 heterocycles. The number of hydrogen-bond acceptors (Lipinski definition) is 5. The Kier molecular flexibility index (Phi) is 4.26. The molecule has 0 spiro atoms. The maximum absolute atomic E-state index is 12.6. The third kappa shape index (κ3) is 2.89. The minimum Gasteiger partial charge on any atom is -0.258 e. The number of benzene rings is 1. The van der Waals surface area contributed by atoms with Gasteiger partial charge in [0.25, 0.3) is 15.7 Å². The van der Waals surface area contributed by atoms with E-state index < -0.39 is 36.5 Å². The fourth-order valence-corrected chi connectivity index (χ4v) is 5.52. The first-order valence-electron chi connectivity index (χ1n) is 6.05. The molecule has 0 amide bonds. The number of nitro benzene ring substituents is 1. The summed E-state index contributed by atoms with van der Waals surface area (Å²) in [4.78, 5) is 9.80. The van der Waals surface area contributed by atoms with Crippen LogP contribution < -0.4 is 0 Å². The summed E-state index contributed by atoms with van der Waals surface area (Å²) in [5.41, 5.74) is 1.16. The second-order valence-electron chi connectivity index (χ2n) is 4.72. The van der Waals surface area contributed by atoms with Crippen molar-refractivity contribution in [1.29, 1.82) is 0 Å². The summed E-state index contributed by atoms with van der Waals surface area (Å²) in [6.45, 7) is 3.53. The Morgan fingerprint density at radius 1 is 1.24 bits per heavy atom. The molecule has 1 aromatic carbocycles. The lowest BCUT2D eigenvalue weighted by Crippen LogP contribution is -2.39. The Morgan fingerprint density at radius 2 is 1.86 bits per heavy atom. The molecule has 1 unspecified atom stereocenters. The van der Waals surface area contributed by atoms with Crippen molar-refractivity contribution in [1.82, 2.24) is 3.71 Å². The fraction of sp³-hybridized carbons (Fsp3) is 0.333. The van der Waals surface area contributed by atoms with Crippen LogP contribution in [0.5, 0.6) is 0 Å². The summed E-state index contributed by atoms with van der Waals surface area (Å²) in [7, 11) is -5.94. The van der Waals surface area contributed by atoms with Gasteiger partial charge in [0, 0.05) is 12.6 Å². The summed E-state index contributed by atoms with van der Waals surface area (Å²) in [6.07, 6.45) is 0. The molecule has 0 saturated heterocycles. The van der Waals surface area contributed by atoms with Gasteiger partial charge in [0.1, 0.15) is 11.0 Å². The van der Waals surface area contributed by atoms with E-state index in [4.69, 9.17) is 0 Å². The molecule has 2 rings (SSSR count). The minimum atomic E-state index is -4.19. The van der Waals surface area contributed by atoms with Crippen molar-refractivity contribution in [3.05, 3.63) is 45.5 Å². The topological polar surface area (TPSA) is 97.6 Å². The summed E-state index contributed by atoms with van der Waals surface area (Å²) < 4.78 is 38.1. The summed E-state index contributed by atoms with van der Waals surface area (Å²) >= 11 is 0. The van der Waals surface area contributed by atoms with Gasteiger partial charge in [-0.3, -0.25) is 10.1 Å². The molecule has 0 aliphatic carbocycles. The van der Waals surface area contributed by atoms with Crippen molar-refractivity contribution in [3.63, 3.8) is 0 Å². The Labute approximate surface area is 125 Å². The van der Waals surface area contributed by atoms with Crippen molar-refractivity contribution in [3.8, 4) is 0 Å². The molecule has 1 aliphatic rings. The van der Waals surface area contributed by atoms with Crippen LogP contribution >= 0.6 is 0 Å². The van der Waals surface area contributed by atoms with E-state index in [1.54, 1.807) is 13.8 Å². The van der Waals surface area contributed by atoms with Crippen LogP contribution in [0.3, 0.4) is 0 Å². The largest absolute Gasteiger partial charge is 0.289 e. The quantitative estimate of drug-likeness (QED) is 0.476. The van der Waals surface area contributed by atoms with Crippen LogP contribution in [0.25, 0.3) is 0 Å². The highest BCUT2D eigenvalue weighted by atomic mass is 32.3. The van der Waals surface area contributed by atoms with Crippen molar-refractivity contribution in [2.75, 3.05) is 12.3 Å². The molecule has 1 aromatic rings. The molecule has 0 N–H and O–H groups in total. The second kappa shape index (κ2) is 5.66. The molecule has 0 aromatic heterocycles. The van der Waals surface area contributed by atoms with E-state index >= 15 is 0 Å². The van der Waals surface area contributed by atoms with Crippen LogP contribution in [0.4, 0.5) is 5.69 Å². The molecule has 7 nitrogen and oxygen atoms in total. The first-order valence-corrected chi connectivity index (χ1v) is 8.76. The maximum atomic E-state index is 12.6. The van der Waals surface area contributed by atoms with Crippen molar-refractivity contribution >= 4 is 26.7 Å². The lowest BCUT2D eigenvalue weighted by atomic mass is 10.2. The van der Waals surface area contributed by atoms with Crippen molar-refractivity contribution < 1.29 is 17.6 Å². The van der Waals surface area contributed by atoms with E-state index in [2.05, 4.69) is 0 Å². The zero-order chi connectivity index (χ0) is 15.8. The van der Waals surface area contributed by atoms with Crippen LogP contribution in [0, 0.1) is 10.1 Å². The summed E-state index contributed by atoms with van der Waals surface area (Å²) in [5, 5.41) is 11.0. The van der Waals surface area contributed by atoms with E-state index in [0.717, 1.165) is 27.0 Å². The van der Waals surface area contributed by atoms with Crippen LogP contribution in [0.15, 0.2) is 40.3 Å². The lowest BCUT2D eigenvalue weighted by molar-refractivity contribution is -0.387. The number of nitrogens with zero attached hydrogens (tertiary/aromatic N) is 2. The molecule has 9 heteroatoms. The fourth-order valence-electron chi connectivity index (χ4n) is 1.91. The van der Waals surface area contributed by atoms with Gasteiger partial charge in [-0.1, -0.05) is 23.3 Å². The van der Waals surface area contributed by atoms with Crippen LogP contribution in [-0.4, -0.2) is 33.6 Å². The smallest absolute Gasteiger partial charge is 0.258 e. The predicted molar refractivity (Wildman–Crippen MR) is 78.4 cm³/mol. The highest BCUT2D eigenvalue weighted by molar-refractivity contribution is 8.01. The summed E-state index contributed by atoms with van der Waals surface area (Å²) in [5.74, 6) is 0.117. The molecule has 0 saturated carbocycles. The number of rotatable bonds is 3. The molecule has 1 aliphatic heterocycles. The lowest BCUT2D eigenvalue weighted by Gasteiger charge is -2.26. The monoisotopic (exact) mass is 330 g/mol. The molecule has 114 valence electrons. The first kappa shape index (κ1) is 15.8. The number of para-hydroxylation sites is 1. The first-order chi connectivity index (χ1) is 9.75. The Hall–Kier alpha value is -1.58. The van der Waals surface area contributed by atoms with E-state index in [0.29, 0.717) is 0 Å². The summed E-state index contributed by atoms with van der Waals surface area (Å²) in [6, 6.07) is 5.07. The standard InChI is InChI=1S/C12H14N2O5S2/c1-9-7-13(20(17)8-10(9)2)21(18,19)12-6-4-3-5-11(12)14(15)16/h3-6H,7-8H2,1-2H3. The van der Waals surface area contributed by atoms with Crippen LogP contribution in [-0.2, 0) is 21.0 Å². The van der Waals surface area contributed by atoms with Crippen molar-refractivity contribution in [2.24, 2.45) is 0 Å². The molecule has 0 radical (unpaired) electrons. The highest BCUT2D eigenvalue weighted by Gasteiger charge is 2.36. The van der Waals surface area contributed by atoms with E-state index in [-0.39, 0.29) is 12.3 Å². The number of nitro groups is 1. The Balaban J connectivity index is 2.54. The average molecular weight is 330 g/mol. The molecule has 0 fully saturated rings. The van der Waals surface area contributed by atoms with Crippen LogP contribution in [0.1, 0.15) is 13.8 Å². The molecular weight excluding hydrogens is 316 g/mol. The normalized spacial score (nSPS) is 20.6. The predicted octanol–water partition coefficient (Wildman–Crippen LogP) is 1.60. The number of hydrogen-bond donors (Lipinski definition) is 0.